The van der Waals surface area contributed by atoms with E-state index in [1.54, 1.807) is 6.33 Å². The van der Waals surface area contributed by atoms with Gasteiger partial charge in [-0.3, -0.25) is 11.3 Å². The van der Waals surface area contributed by atoms with Gasteiger partial charge in [-0.25, -0.2) is 4.98 Å². The Hall–Kier alpha value is -1.13. The van der Waals surface area contributed by atoms with Crippen molar-refractivity contribution in [2.45, 2.75) is 25.8 Å². The highest BCUT2D eigenvalue weighted by Gasteiger charge is 2.11. The van der Waals surface area contributed by atoms with Crippen molar-refractivity contribution in [2.24, 2.45) is 12.9 Å². The van der Waals surface area contributed by atoms with E-state index in [0.717, 1.165) is 18.5 Å². The molecular weight excluding hydrogens is 176 g/mol. The fourth-order valence-corrected chi connectivity index (χ4v) is 1.32. The number of hydrazine groups is 1. The molecule has 0 aliphatic heterocycles. The Balaban J connectivity index is 2.58. The molecule has 1 atom stereocenters. The van der Waals surface area contributed by atoms with Crippen LogP contribution in [0.1, 0.15) is 31.5 Å². The second-order valence-corrected chi connectivity index (χ2v) is 3.68. The van der Waals surface area contributed by atoms with Gasteiger partial charge in [-0.1, -0.05) is 5.57 Å². The standard InChI is InChI=1S/C10H18N4/c1-8(2)4-5-9(13-11)10-6-14(3)7-12-10/h6-7,9,13H,1,4-5,11H2,2-3H3. The summed E-state index contributed by atoms with van der Waals surface area (Å²) in [5, 5.41) is 0. The summed E-state index contributed by atoms with van der Waals surface area (Å²) in [5.41, 5.74) is 4.92. The van der Waals surface area contributed by atoms with E-state index in [0.29, 0.717) is 0 Å². The number of nitrogens with one attached hydrogen (secondary N) is 1. The maximum atomic E-state index is 5.47. The lowest BCUT2D eigenvalue weighted by atomic mass is 10.1. The summed E-state index contributed by atoms with van der Waals surface area (Å²) in [5.74, 6) is 5.47. The number of rotatable bonds is 5. The van der Waals surface area contributed by atoms with Gasteiger partial charge in [0.15, 0.2) is 0 Å². The van der Waals surface area contributed by atoms with Crippen LogP contribution in [-0.4, -0.2) is 9.55 Å². The van der Waals surface area contributed by atoms with Crippen molar-refractivity contribution in [3.05, 3.63) is 30.4 Å². The fraction of sp³-hybridized carbons (Fsp3) is 0.500. The Labute approximate surface area is 84.8 Å². The molecule has 0 radical (unpaired) electrons. The molecule has 3 N–H and O–H groups in total. The number of nitrogens with two attached hydrogens (primary N) is 1. The lowest BCUT2D eigenvalue weighted by Gasteiger charge is -2.12. The number of hydrogen-bond acceptors (Lipinski definition) is 3. The maximum absolute atomic E-state index is 5.47. The third-order valence-electron chi connectivity index (χ3n) is 2.14. The molecule has 0 amide bonds. The van der Waals surface area contributed by atoms with Gasteiger partial charge in [0.1, 0.15) is 0 Å². The Morgan fingerprint density at radius 2 is 2.50 bits per heavy atom. The highest BCUT2D eigenvalue weighted by molar-refractivity contribution is 5.04. The minimum atomic E-state index is 0.118. The van der Waals surface area contributed by atoms with E-state index in [1.165, 1.54) is 5.57 Å². The molecule has 0 spiro atoms. The second-order valence-electron chi connectivity index (χ2n) is 3.68. The number of allylic oxidation sites excluding steroid dienone is 1. The van der Waals surface area contributed by atoms with E-state index in [-0.39, 0.29) is 6.04 Å². The Morgan fingerprint density at radius 1 is 1.79 bits per heavy atom. The number of hydrogen-bond donors (Lipinski definition) is 2. The van der Waals surface area contributed by atoms with Crippen molar-refractivity contribution in [2.75, 3.05) is 0 Å². The topological polar surface area (TPSA) is 55.9 Å². The van der Waals surface area contributed by atoms with Gasteiger partial charge in [0.2, 0.25) is 0 Å². The molecule has 4 nitrogen and oxygen atoms in total. The van der Waals surface area contributed by atoms with Gasteiger partial charge in [-0.2, -0.15) is 0 Å². The fourth-order valence-electron chi connectivity index (χ4n) is 1.32. The van der Waals surface area contributed by atoms with Crippen LogP contribution in [0.5, 0.6) is 0 Å². The number of aryl methyl sites for hydroxylation is 1. The average molecular weight is 194 g/mol. The highest BCUT2D eigenvalue weighted by Crippen LogP contribution is 2.17. The van der Waals surface area contributed by atoms with Crippen molar-refractivity contribution in [1.82, 2.24) is 15.0 Å². The summed E-state index contributed by atoms with van der Waals surface area (Å²) < 4.78 is 1.92. The Bertz CT molecular complexity index is 303. The largest absolute Gasteiger partial charge is 0.340 e. The number of imidazole rings is 1. The van der Waals surface area contributed by atoms with Gasteiger partial charge in [0, 0.05) is 13.2 Å². The van der Waals surface area contributed by atoms with Crippen molar-refractivity contribution in [3.8, 4) is 0 Å². The lowest BCUT2D eigenvalue weighted by Crippen LogP contribution is -2.28. The summed E-state index contributed by atoms with van der Waals surface area (Å²) in [6.07, 6.45) is 5.65. The van der Waals surface area contributed by atoms with Gasteiger partial charge >= 0.3 is 0 Å². The minimum Gasteiger partial charge on any atom is -0.340 e. The van der Waals surface area contributed by atoms with Crippen LogP contribution >= 0.6 is 0 Å². The van der Waals surface area contributed by atoms with E-state index < -0.39 is 0 Å². The summed E-state index contributed by atoms with van der Waals surface area (Å²) in [6.45, 7) is 5.89. The summed E-state index contributed by atoms with van der Waals surface area (Å²) in [7, 11) is 1.95. The van der Waals surface area contributed by atoms with Gasteiger partial charge in [-0.15, -0.1) is 6.58 Å². The molecule has 78 valence electrons. The predicted octanol–water partition coefficient (Wildman–Crippen LogP) is 1.28. The minimum absolute atomic E-state index is 0.118. The molecule has 0 aliphatic carbocycles. The molecule has 0 aliphatic rings. The summed E-state index contributed by atoms with van der Waals surface area (Å²) in [4.78, 5) is 4.26. The van der Waals surface area contributed by atoms with E-state index in [9.17, 15) is 0 Å². The van der Waals surface area contributed by atoms with Crippen molar-refractivity contribution >= 4 is 0 Å². The molecule has 14 heavy (non-hydrogen) atoms. The van der Waals surface area contributed by atoms with Gasteiger partial charge in [0.25, 0.3) is 0 Å². The highest BCUT2D eigenvalue weighted by atomic mass is 15.2. The Morgan fingerprint density at radius 3 is 2.93 bits per heavy atom. The van der Waals surface area contributed by atoms with Crippen molar-refractivity contribution in [3.63, 3.8) is 0 Å². The average Bonchev–Trinajstić information content (AvgIpc) is 2.53. The summed E-state index contributed by atoms with van der Waals surface area (Å²) >= 11 is 0. The van der Waals surface area contributed by atoms with E-state index in [4.69, 9.17) is 5.84 Å². The zero-order chi connectivity index (χ0) is 10.6. The van der Waals surface area contributed by atoms with Crippen LogP contribution < -0.4 is 11.3 Å². The van der Waals surface area contributed by atoms with E-state index >= 15 is 0 Å². The SMILES string of the molecule is C=C(C)CCC(NN)c1cn(C)cn1. The van der Waals surface area contributed by atoms with Gasteiger partial charge in [0.05, 0.1) is 18.1 Å². The number of aromatic nitrogens is 2. The van der Waals surface area contributed by atoms with Crippen LogP contribution in [0, 0.1) is 0 Å². The molecule has 0 aromatic carbocycles. The molecule has 0 saturated heterocycles. The molecule has 0 fully saturated rings. The third-order valence-corrected chi connectivity index (χ3v) is 2.14. The van der Waals surface area contributed by atoms with Gasteiger partial charge in [-0.05, 0) is 19.8 Å². The molecular formula is C10H18N4. The summed E-state index contributed by atoms with van der Waals surface area (Å²) in [6, 6.07) is 0.118. The first-order valence-electron chi connectivity index (χ1n) is 4.72. The first kappa shape index (κ1) is 10.9. The van der Waals surface area contributed by atoms with Crippen LogP contribution in [0.25, 0.3) is 0 Å². The van der Waals surface area contributed by atoms with Crippen LogP contribution in [0.15, 0.2) is 24.7 Å². The monoisotopic (exact) mass is 194 g/mol. The first-order chi connectivity index (χ1) is 6.63. The number of nitrogens with zero attached hydrogens (tertiary/aromatic N) is 2. The molecule has 1 unspecified atom stereocenters. The molecule has 0 saturated carbocycles. The van der Waals surface area contributed by atoms with Crippen LogP contribution in [0.4, 0.5) is 0 Å². The molecule has 0 bridgehead atoms. The van der Waals surface area contributed by atoms with Gasteiger partial charge < -0.3 is 4.57 Å². The van der Waals surface area contributed by atoms with Crippen molar-refractivity contribution < 1.29 is 0 Å². The van der Waals surface area contributed by atoms with Crippen LogP contribution in [0.2, 0.25) is 0 Å². The molecule has 1 aromatic rings. The van der Waals surface area contributed by atoms with Crippen molar-refractivity contribution in [1.29, 1.82) is 0 Å². The molecule has 1 rings (SSSR count). The third kappa shape index (κ3) is 2.97. The second kappa shape index (κ2) is 4.93. The molecule has 4 heteroatoms. The molecule has 1 aromatic heterocycles. The quantitative estimate of drug-likeness (QED) is 0.422. The van der Waals surface area contributed by atoms with E-state index in [2.05, 4.69) is 17.0 Å². The first-order valence-corrected chi connectivity index (χ1v) is 4.72. The zero-order valence-electron chi connectivity index (χ0n) is 8.83. The van der Waals surface area contributed by atoms with Crippen LogP contribution in [-0.2, 0) is 7.05 Å². The lowest BCUT2D eigenvalue weighted by molar-refractivity contribution is 0.505. The smallest absolute Gasteiger partial charge is 0.0947 e. The normalized spacial score (nSPS) is 12.8. The molecule has 1 heterocycles. The Kier molecular flexibility index (Phi) is 3.85. The maximum Gasteiger partial charge on any atom is 0.0947 e. The zero-order valence-corrected chi connectivity index (χ0v) is 8.83. The van der Waals surface area contributed by atoms with Crippen LogP contribution in [0.3, 0.4) is 0 Å². The van der Waals surface area contributed by atoms with E-state index in [1.807, 2.05) is 24.7 Å². The predicted molar refractivity (Wildman–Crippen MR) is 57.3 cm³/mol.